The van der Waals surface area contributed by atoms with E-state index in [9.17, 15) is 0 Å². The molecule has 3 N–H and O–H groups in total. The van der Waals surface area contributed by atoms with Crippen LogP contribution in [0.2, 0.25) is 0 Å². The highest BCUT2D eigenvalue weighted by Crippen LogP contribution is 2.45. The maximum atomic E-state index is 5.94. The minimum atomic E-state index is 0.463. The molecule has 0 aromatic rings. The standard InChI is InChI=1S/C13H23N3S/c1-16-7-13(17-8-16)11-6-12(11)15-10-4-2-9(14)3-5-10/h7,9-12,15H,2-6,8,14H2,1H3. The molecule has 2 aliphatic carbocycles. The van der Waals surface area contributed by atoms with Crippen molar-refractivity contribution in [2.24, 2.45) is 11.7 Å². The number of nitrogens with two attached hydrogens (primary N) is 1. The highest BCUT2D eigenvalue weighted by molar-refractivity contribution is 8.03. The molecular formula is C13H23N3S. The van der Waals surface area contributed by atoms with E-state index in [1.54, 1.807) is 4.91 Å². The smallest absolute Gasteiger partial charge is 0.0674 e. The van der Waals surface area contributed by atoms with Gasteiger partial charge in [0.05, 0.1) is 5.88 Å². The van der Waals surface area contributed by atoms with E-state index in [1.165, 1.54) is 32.1 Å². The molecule has 2 unspecified atom stereocenters. The molecule has 0 amide bonds. The van der Waals surface area contributed by atoms with E-state index in [0.717, 1.165) is 23.9 Å². The van der Waals surface area contributed by atoms with Crippen molar-refractivity contribution < 1.29 is 0 Å². The molecule has 3 rings (SSSR count). The van der Waals surface area contributed by atoms with Gasteiger partial charge in [0.2, 0.25) is 0 Å². The van der Waals surface area contributed by atoms with Crippen molar-refractivity contribution in [1.82, 2.24) is 10.2 Å². The van der Waals surface area contributed by atoms with Gasteiger partial charge < -0.3 is 16.0 Å². The molecule has 3 nitrogen and oxygen atoms in total. The van der Waals surface area contributed by atoms with Crippen molar-refractivity contribution in [3.8, 4) is 0 Å². The normalized spacial score (nSPS) is 41.5. The van der Waals surface area contributed by atoms with Crippen LogP contribution in [0.5, 0.6) is 0 Å². The number of hydrogen-bond acceptors (Lipinski definition) is 4. The summed E-state index contributed by atoms with van der Waals surface area (Å²) in [6.07, 6.45) is 8.63. The largest absolute Gasteiger partial charge is 0.370 e. The summed E-state index contributed by atoms with van der Waals surface area (Å²) in [5.41, 5.74) is 5.94. The highest BCUT2D eigenvalue weighted by atomic mass is 32.2. The molecule has 1 aliphatic heterocycles. The second kappa shape index (κ2) is 4.82. The number of thioether (sulfide) groups is 1. The summed E-state index contributed by atoms with van der Waals surface area (Å²) in [5.74, 6) is 1.94. The molecule has 0 spiro atoms. The first-order chi connectivity index (χ1) is 8.22. The zero-order chi connectivity index (χ0) is 11.8. The fraction of sp³-hybridized carbons (Fsp3) is 0.846. The number of rotatable bonds is 3. The summed E-state index contributed by atoms with van der Waals surface area (Å²) in [4.78, 5) is 3.88. The monoisotopic (exact) mass is 253 g/mol. The van der Waals surface area contributed by atoms with E-state index in [0.29, 0.717) is 6.04 Å². The summed E-state index contributed by atoms with van der Waals surface area (Å²) in [6.45, 7) is 0. The third-order valence-corrected chi connectivity index (χ3v) is 5.44. The molecule has 0 bridgehead atoms. The molecule has 2 fully saturated rings. The van der Waals surface area contributed by atoms with Gasteiger partial charge >= 0.3 is 0 Å². The Morgan fingerprint density at radius 3 is 2.76 bits per heavy atom. The van der Waals surface area contributed by atoms with Crippen LogP contribution in [-0.4, -0.2) is 35.9 Å². The summed E-state index contributed by atoms with van der Waals surface area (Å²) in [7, 11) is 2.16. The minimum absolute atomic E-state index is 0.463. The van der Waals surface area contributed by atoms with Crippen molar-refractivity contribution >= 4 is 11.8 Å². The topological polar surface area (TPSA) is 41.3 Å². The lowest BCUT2D eigenvalue weighted by molar-refractivity contribution is 0.339. The molecule has 96 valence electrons. The van der Waals surface area contributed by atoms with Gasteiger partial charge in [-0.3, -0.25) is 0 Å². The molecule has 1 heterocycles. The molecular weight excluding hydrogens is 230 g/mol. The molecule has 3 aliphatic rings. The second-order valence-electron chi connectivity index (χ2n) is 5.79. The minimum Gasteiger partial charge on any atom is -0.370 e. The average Bonchev–Trinajstić information content (AvgIpc) is 2.94. The van der Waals surface area contributed by atoms with Crippen LogP contribution in [0.3, 0.4) is 0 Å². The van der Waals surface area contributed by atoms with Crippen LogP contribution >= 0.6 is 11.8 Å². The van der Waals surface area contributed by atoms with Crippen LogP contribution in [0.4, 0.5) is 0 Å². The first-order valence-electron chi connectivity index (χ1n) is 6.79. The lowest BCUT2D eigenvalue weighted by Crippen LogP contribution is -2.38. The maximum Gasteiger partial charge on any atom is 0.0674 e. The van der Waals surface area contributed by atoms with Crippen molar-refractivity contribution in [2.45, 2.75) is 50.2 Å². The number of hydrogen-bond donors (Lipinski definition) is 2. The summed E-state index contributed by atoms with van der Waals surface area (Å²) in [5, 5.41) is 3.83. The van der Waals surface area contributed by atoms with Crippen molar-refractivity contribution in [3.05, 3.63) is 11.1 Å². The van der Waals surface area contributed by atoms with Crippen LogP contribution in [0, 0.1) is 5.92 Å². The predicted octanol–water partition coefficient (Wildman–Crippen LogP) is 1.71. The Bertz CT molecular complexity index is 310. The third kappa shape index (κ3) is 2.80. The Morgan fingerprint density at radius 2 is 2.12 bits per heavy atom. The van der Waals surface area contributed by atoms with Gasteiger partial charge in [0.15, 0.2) is 0 Å². The van der Waals surface area contributed by atoms with Crippen LogP contribution < -0.4 is 11.1 Å². The van der Waals surface area contributed by atoms with Crippen LogP contribution in [0.1, 0.15) is 32.1 Å². The zero-order valence-electron chi connectivity index (χ0n) is 10.6. The van der Waals surface area contributed by atoms with Gasteiger partial charge in [-0.05, 0) is 32.1 Å². The van der Waals surface area contributed by atoms with Gasteiger partial charge in [-0.15, -0.1) is 11.8 Å². The van der Waals surface area contributed by atoms with Crippen molar-refractivity contribution in [1.29, 1.82) is 0 Å². The Hall–Kier alpha value is -0.190. The molecule has 2 saturated carbocycles. The maximum absolute atomic E-state index is 5.94. The van der Waals surface area contributed by atoms with E-state index in [1.807, 2.05) is 11.8 Å². The van der Waals surface area contributed by atoms with Crippen LogP contribution in [-0.2, 0) is 0 Å². The van der Waals surface area contributed by atoms with Gasteiger partial charge in [0.1, 0.15) is 0 Å². The molecule has 17 heavy (non-hydrogen) atoms. The van der Waals surface area contributed by atoms with Crippen LogP contribution in [0.25, 0.3) is 0 Å². The first kappa shape index (κ1) is 11.9. The first-order valence-corrected chi connectivity index (χ1v) is 7.77. The molecule has 2 atom stereocenters. The zero-order valence-corrected chi connectivity index (χ0v) is 11.4. The second-order valence-corrected chi connectivity index (χ2v) is 6.81. The third-order valence-electron chi connectivity index (χ3n) is 4.16. The molecule has 0 aromatic heterocycles. The number of nitrogens with one attached hydrogen (secondary N) is 1. The summed E-state index contributed by atoms with van der Waals surface area (Å²) in [6, 6.07) is 1.94. The lowest BCUT2D eigenvalue weighted by Gasteiger charge is -2.27. The Morgan fingerprint density at radius 1 is 1.35 bits per heavy atom. The van der Waals surface area contributed by atoms with Crippen LogP contribution in [0.15, 0.2) is 11.1 Å². The summed E-state index contributed by atoms with van der Waals surface area (Å²) >= 11 is 2.01. The quantitative estimate of drug-likeness (QED) is 0.803. The van der Waals surface area contributed by atoms with Gasteiger partial charge in [-0.25, -0.2) is 0 Å². The Kier molecular flexibility index (Phi) is 3.37. The van der Waals surface area contributed by atoms with E-state index in [-0.39, 0.29) is 0 Å². The van der Waals surface area contributed by atoms with E-state index >= 15 is 0 Å². The van der Waals surface area contributed by atoms with Crippen molar-refractivity contribution in [3.63, 3.8) is 0 Å². The molecule has 4 heteroatoms. The fourth-order valence-electron chi connectivity index (χ4n) is 2.95. The van der Waals surface area contributed by atoms with E-state index < -0.39 is 0 Å². The van der Waals surface area contributed by atoms with E-state index in [2.05, 4.69) is 23.5 Å². The lowest BCUT2D eigenvalue weighted by atomic mass is 9.92. The predicted molar refractivity (Wildman–Crippen MR) is 73.6 cm³/mol. The molecule has 0 saturated heterocycles. The number of nitrogens with zero attached hydrogens (tertiary/aromatic N) is 1. The molecule has 0 aromatic carbocycles. The summed E-state index contributed by atoms with van der Waals surface area (Å²) < 4.78 is 0. The molecule has 0 radical (unpaired) electrons. The van der Waals surface area contributed by atoms with Gasteiger partial charge in [0, 0.05) is 42.2 Å². The van der Waals surface area contributed by atoms with Crippen molar-refractivity contribution in [2.75, 3.05) is 12.9 Å². The Balaban J connectivity index is 1.45. The Labute approximate surface area is 108 Å². The van der Waals surface area contributed by atoms with Gasteiger partial charge in [-0.1, -0.05) is 0 Å². The highest BCUT2D eigenvalue weighted by Gasteiger charge is 2.42. The average molecular weight is 253 g/mol. The van der Waals surface area contributed by atoms with Gasteiger partial charge in [-0.2, -0.15) is 0 Å². The van der Waals surface area contributed by atoms with E-state index in [4.69, 9.17) is 5.73 Å². The fourth-order valence-corrected chi connectivity index (χ4v) is 4.11. The SMILES string of the molecule is CN1C=C(C2CC2NC2CCC(N)CC2)SC1. The van der Waals surface area contributed by atoms with Gasteiger partial charge in [0.25, 0.3) is 0 Å².